The van der Waals surface area contributed by atoms with Crippen LogP contribution in [0.25, 0.3) is 11.0 Å². The number of nitrogens with one attached hydrogen (secondary N) is 1. The molecule has 0 amide bonds. The number of hydrogen-bond acceptors (Lipinski definition) is 2. The van der Waals surface area contributed by atoms with Crippen molar-refractivity contribution in [2.75, 3.05) is 6.61 Å². The molecule has 0 saturated heterocycles. The van der Waals surface area contributed by atoms with Crippen molar-refractivity contribution in [3.63, 3.8) is 0 Å². The van der Waals surface area contributed by atoms with Gasteiger partial charge in [0.15, 0.2) is 0 Å². The van der Waals surface area contributed by atoms with Crippen molar-refractivity contribution in [1.29, 1.82) is 0 Å². The highest BCUT2D eigenvalue weighted by molar-refractivity contribution is 14.1. The van der Waals surface area contributed by atoms with E-state index in [1.165, 1.54) is 0 Å². The average molecular weight is 360 g/mol. The molecule has 0 fully saturated rings. The van der Waals surface area contributed by atoms with Crippen LogP contribution in [0.4, 0.5) is 0 Å². The standard InChI is InChI=1S/C12H17IN2OSi/c1-17(2,3)7-6-16-11-5-4-10-12(15-11)9(13)8-14-10/h4-5,8,14H,6-7H2,1-3H3. The fourth-order valence-corrected chi connectivity index (χ4v) is 2.77. The van der Waals surface area contributed by atoms with E-state index in [2.05, 4.69) is 52.2 Å². The summed E-state index contributed by atoms with van der Waals surface area (Å²) in [6, 6.07) is 5.12. The first-order valence-electron chi connectivity index (χ1n) is 5.72. The molecule has 1 N–H and O–H groups in total. The Kier molecular flexibility index (Phi) is 3.77. The minimum absolute atomic E-state index is 0.730. The highest BCUT2D eigenvalue weighted by Gasteiger charge is 2.13. The van der Waals surface area contributed by atoms with Crippen LogP contribution in [0.2, 0.25) is 25.7 Å². The number of ether oxygens (including phenoxy) is 1. The second-order valence-corrected chi connectivity index (χ2v) is 12.1. The molecular weight excluding hydrogens is 343 g/mol. The van der Waals surface area contributed by atoms with Crippen LogP contribution in [0, 0.1) is 3.57 Å². The minimum Gasteiger partial charge on any atom is -0.478 e. The first-order valence-corrected chi connectivity index (χ1v) is 10.5. The largest absolute Gasteiger partial charge is 0.478 e. The van der Waals surface area contributed by atoms with Gasteiger partial charge in [-0.25, -0.2) is 4.98 Å². The third-order valence-corrected chi connectivity index (χ3v) is 5.08. The highest BCUT2D eigenvalue weighted by Crippen LogP contribution is 2.21. The highest BCUT2D eigenvalue weighted by atomic mass is 127. The monoisotopic (exact) mass is 360 g/mol. The van der Waals surface area contributed by atoms with Crippen molar-refractivity contribution in [3.8, 4) is 5.88 Å². The zero-order valence-electron chi connectivity index (χ0n) is 10.4. The Morgan fingerprint density at radius 1 is 1.35 bits per heavy atom. The van der Waals surface area contributed by atoms with Crippen LogP contribution in [-0.2, 0) is 0 Å². The van der Waals surface area contributed by atoms with Crippen molar-refractivity contribution in [2.24, 2.45) is 0 Å². The molecule has 0 radical (unpaired) electrons. The van der Waals surface area contributed by atoms with Crippen LogP contribution < -0.4 is 4.74 Å². The van der Waals surface area contributed by atoms with Gasteiger partial charge in [0.2, 0.25) is 5.88 Å². The molecule has 2 aromatic heterocycles. The maximum Gasteiger partial charge on any atom is 0.213 e. The van der Waals surface area contributed by atoms with Gasteiger partial charge in [-0.1, -0.05) is 19.6 Å². The quantitative estimate of drug-likeness (QED) is 0.664. The topological polar surface area (TPSA) is 37.9 Å². The van der Waals surface area contributed by atoms with Crippen molar-refractivity contribution in [3.05, 3.63) is 21.9 Å². The Morgan fingerprint density at radius 3 is 2.82 bits per heavy atom. The molecular formula is C12H17IN2OSi. The number of hydrogen-bond donors (Lipinski definition) is 1. The summed E-state index contributed by atoms with van der Waals surface area (Å²) in [6.07, 6.45) is 1.96. The summed E-state index contributed by atoms with van der Waals surface area (Å²) < 4.78 is 6.85. The van der Waals surface area contributed by atoms with E-state index < -0.39 is 8.07 Å². The van der Waals surface area contributed by atoms with Crippen LogP contribution in [-0.4, -0.2) is 24.6 Å². The number of aromatic amines is 1. The summed E-state index contributed by atoms with van der Waals surface area (Å²) in [5, 5.41) is 0. The molecule has 3 nitrogen and oxygen atoms in total. The normalized spacial score (nSPS) is 12.0. The lowest BCUT2D eigenvalue weighted by Crippen LogP contribution is -2.22. The van der Waals surface area contributed by atoms with Gasteiger partial charge in [-0.2, -0.15) is 0 Å². The third kappa shape index (κ3) is 3.45. The van der Waals surface area contributed by atoms with Crippen molar-refractivity contribution >= 4 is 41.7 Å². The van der Waals surface area contributed by atoms with Gasteiger partial charge in [-0.05, 0) is 34.7 Å². The van der Waals surface area contributed by atoms with Crippen LogP contribution in [0.1, 0.15) is 0 Å². The van der Waals surface area contributed by atoms with Gasteiger partial charge in [-0.15, -0.1) is 0 Å². The Morgan fingerprint density at radius 2 is 2.12 bits per heavy atom. The molecule has 0 aliphatic rings. The molecule has 2 rings (SSSR count). The van der Waals surface area contributed by atoms with E-state index in [4.69, 9.17) is 4.74 Å². The molecule has 0 unspecified atom stereocenters. The molecule has 92 valence electrons. The first-order chi connectivity index (χ1) is 7.96. The van der Waals surface area contributed by atoms with Crippen LogP contribution in [0.5, 0.6) is 5.88 Å². The van der Waals surface area contributed by atoms with E-state index in [1.807, 2.05) is 18.3 Å². The van der Waals surface area contributed by atoms with Gasteiger partial charge in [0, 0.05) is 20.3 Å². The van der Waals surface area contributed by atoms with E-state index in [0.717, 1.165) is 33.1 Å². The summed E-state index contributed by atoms with van der Waals surface area (Å²) in [4.78, 5) is 7.69. The molecule has 0 bridgehead atoms. The lowest BCUT2D eigenvalue weighted by Gasteiger charge is -2.15. The van der Waals surface area contributed by atoms with Crippen molar-refractivity contribution in [2.45, 2.75) is 25.7 Å². The molecule has 0 saturated carbocycles. The lowest BCUT2D eigenvalue weighted by atomic mass is 10.4. The van der Waals surface area contributed by atoms with Gasteiger partial charge >= 0.3 is 0 Å². The fraction of sp³-hybridized carbons (Fsp3) is 0.417. The second-order valence-electron chi connectivity index (χ2n) is 5.34. The van der Waals surface area contributed by atoms with Gasteiger partial charge in [0.1, 0.15) is 5.52 Å². The summed E-state index contributed by atoms with van der Waals surface area (Å²) in [5.41, 5.74) is 2.06. The lowest BCUT2D eigenvalue weighted by molar-refractivity contribution is 0.326. The average Bonchev–Trinajstić information content (AvgIpc) is 2.59. The predicted octanol–water partition coefficient (Wildman–Crippen LogP) is 3.88. The van der Waals surface area contributed by atoms with E-state index in [9.17, 15) is 0 Å². The minimum atomic E-state index is -1.02. The zero-order valence-corrected chi connectivity index (χ0v) is 13.5. The van der Waals surface area contributed by atoms with Crippen molar-refractivity contribution in [1.82, 2.24) is 9.97 Å². The number of aromatic nitrogens is 2. The van der Waals surface area contributed by atoms with Gasteiger partial charge in [0.05, 0.1) is 15.7 Å². The van der Waals surface area contributed by atoms with Crippen LogP contribution in [0.15, 0.2) is 18.3 Å². The number of fused-ring (bicyclic) bond motifs is 1. The van der Waals surface area contributed by atoms with E-state index in [0.29, 0.717) is 0 Å². The fourth-order valence-electron chi connectivity index (χ4n) is 1.49. The van der Waals surface area contributed by atoms with E-state index in [-0.39, 0.29) is 0 Å². The van der Waals surface area contributed by atoms with Gasteiger partial charge in [-0.3, -0.25) is 0 Å². The summed E-state index contributed by atoms with van der Waals surface area (Å²) in [6.45, 7) is 7.82. The molecule has 0 spiro atoms. The van der Waals surface area contributed by atoms with E-state index in [1.54, 1.807) is 0 Å². The number of pyridine rings is 1. The second kappa shape index (κ2) is 4.97. The summed E-state index contributed by atoms with van der Waals surface area (Å²) in [7, 11) is -1.02. The smallest absolute Gasteiger partial charge is 0.213 e. The number of rotatable bonds is 4. The van der Waals surface area contributed by atoms with Gasteiger partial charge < -0.3 is 9.72 Å². The molecule has 0 atom stereocenters. The molecule has 17 heavy (non-hydrogen) atoms. The Balaban J connectivity index is 2.06. The molecule has 0 aromatic carbocycles. The molecule has 2 aromatic rings. The maximum absolute atomic E-state index is 5.72. The Bertz CT molecular complexity index is 519. The van der Waals surface area contributed by atoms with E-state index >= 15 is 0 Å². The number of halogens is 1. The zero-order chi connectivity index (χ0) is 12.5. The Labute approximate surface area is 116 Å². The SMILES string of the molecule is C[Si](C)(C)CCOc1ccc2[nH]cc(I)c2n1. The first kappa shape index (κ1) is 12.9. The summed E-state index contributed by atoms with van der Waals surface area (Å²) in [5.74, 6) is 0.730. The van der Waals surface area contributed by atoms with Crippen molar-refractivity contribution < 1.29 is 4.74 Å². The maximum atomic E-state index is 5.72. The number of H-pyrrole nitrogens is 1. The summed E-state index contributed by atoms with van der Waals surface area (Å²) >= 11 is 2.28. The van der Waals surface area contributed by atoms with Crippen LogP contribution in [0.3, 0.4) is 0 Å². The predicted molar refractivity (Wildman–Crippen MR) is 82.5 cm³/mol. The third-order valence-electron chi connectivity index (χ3n) is 2.55. The Hall–Kier alpha value is -0.563. The molecule has 2 heterocycles. The van der Waals surface area contributed by atoms with Crippen LogP contribution >= 0.6 is 22.6 Å². The molecule has 0 aliphatic heterocycles. The molecule has 0 aliphatic carbocycles. The number of nitrogens with zero attached hydrogens (tertiary/aromatic N) is 1. The molecule has 5 heteroatoms. The van der Waals surface area contributed by atoms with Gasteiger partial charge in [0.25, 0.3) is 0 Å².